The number of nitrogens with zero attached hydrogens (tertiary/aromatic N) is 2. The molecular weight excluding hydrogens is 333 g/mol. The highest BCUT2D eigenvalue weighted by Crippen LogP contribution is 2.29. The minimum atomic E-state index is -0.265. The SMILES string of the molecule is CN(C)C(=NCc1ccccc1)NCCc1cc(F)cc2c1OCOC2. The van der Waals surface area contributed by atoms with Gasteiger partial charge in [0.1, 0.15) is 11.6 Å². The van der Waals surface area contributed by atoms with Crippen LogP contribution in [0, 0.1) is 5.82 Å². The Morgan fingerprint density at radius 2 is 2.04 bits per heavy atom. The van der Waals surface area contributed by atoms with E-state index in [1.54, 1.807) is 0 Å². The van der Waals surface area contributed by atoms with Crippen molar-refractivity contribution < 1.29 is 13.9 Å². The van der Waals surface area contributed by atoms with Crippen LogP contribution in [0.25, 0.3) is 0 Å². The third-order valence-electron chi connectivity index (χ3n) is 4.11. The van der Waals surface area contributed by atoms with Gasteiger partial charge in [-0.1, -0.05) is 30.3 Å². The molecule has 0 amide bonds. The van der Waals surface area contributed by atoms with Crippen molar-refractivity contribution in [3.05, 3.63) is 65.0 Å². The molecule has 0 bridgehead atoms. The summed E-state index contributed by atoms with van der Waals surface area (Å²) < 4.78 is 24.6. The van der Waals surface area contributed by atoms with Crippen molar-refractivity contribution >= 4 is 5.96 Å². The van der Waals surface area contributed by atoms with Crippen LogP contribution in [0.1, 0.15) is 16.7 Å². The second kappa shape index (κ2) is 8.67. The predicted octanol–water partition coefficient (Wildman–Crippen LogP) is 2.94. The number of hydrogen-bond acceptors (Lipinski definition) is 3. The molecule has 26 heavy (non-hydrogen) atoms. The van der Waals surface area contributed by atoms with E-state index in [0.717, 1.165) is 28.4 Å². The van der Waals surface area contributed by atoms with E-state index in [2.05, 4.69) is 22.4 Å². The first-order valence-corrected chi connectivity index (χ1v) is 8.65. The number of benzene rings is 2. The van der Waals surface area contributed by atoms with Crippen molar-refractivity contribution in [1.82, 2.24) is 10.2 Å². The molecule has 0 fully saturated rings. The monoisotopic (exact) mass is 357 g/mol. The lowest BCUT2D eigenvalue weighted by Crippen LogP contribution is -2.37. The van der Waals surface area contributed by atoms with E-state index in [4.69, 9.17) is 9.47 Å². The molecule has 0 saturated carbocycles. The summed E-state index contributed by atoms with van der Waals surface area (Å²) in [6, 6.07) is 13.1. The zero-order valence-corrected chi connectivity index (χ0v) is 15.2. The zero-order chi connectivity index (χ0) is 18.4. The molecular formula is C20H24FN3O2. The number of aliphatic imine (C=N–C) groups is 1. The predicted molar refractivity (Wildman–Crippen MR) is 99.7 cm³/mol. The smallest absolute Gasteiger partial charge is 0.193 e. The Labute approximate surface area is 153 Å². The Bertz CT molecular complexity index is 763. The van der Waals surface area contributed by atoms with E-state index in [0.29, 0.717) is 26.1 Å². The maximum absolute atomic E-state index is 13.8. The van der Waals surface area contributed by atoms with Gasteiger partial charge in [-0.2, -0.15) is 0 Å². The summed E-state index contributed by atoms with van der Waals surface area (Å²) in [5, 5.41) is 3.33. The van der Waals surface area contributed by atoms with Crippen molar-refractivity contribution in [3.8, 4) is 5.75 Å². The van der Waals surface area contributed by atoms with E-state index in [1.807, 2.05) is 37.2 Å². The van der Waals surface area contributed by atoms with Crippen molar-refractivity contribution in [1.29, 1.82) is 0 Å². The fourth-order valence-electron chi connectivity index (χ4n) is 2.86. The standard InChI is InChI=1S/C20H24FN3O2/c1-24(2)20(23-12-15-6-4-3-5-7-15)22-9-8-16-10-18(21)11-17-13-25-14-26-19(16)17/h3-7,10-11H,8-9,12-14H2,1-2H3,(H,22,23). The normalized spacial score (nSPS) is 13.7. The van der Waals surface area contributed by atoms with Gasteiger partial charge in [-0.15, -0.1) is 0 Å². The highest BCUT2D eigenvalue weighted by atomic mass is 19.1. The molecule has 0 aromatic heterocycles. The van der Waals surface area contributed by atoms with Crippen molar-refractivity contribution in [2.75, 3.05) is 27.4 Å². The Kier molecular flexibility index (Phi) is 6.07. The second-order valence-corrected chi connectivity index (χ2v) is 6.36. The molecule has 1 aliphatic rings. The molecule has 5 nitrogen and oxygen atoms in total. The van der Waals surface area contributed by atoms with Gasteiger partial charge in [0.15, 0.2) is 12.8 Å². The van der Waals surface area contributed by atoms with E-state index >= 15 is 0 Å². The Balaban J connectivity index is 1.63. The quantitative estimate of drug-likeness (QED) is 0.660. The lowest BCUT2D eigenvalue weighted by Gasteiger charge is -2.22. The summed E-state index contributed by atoms with van der Waals surface area (Å²) >= 11 is 0. The Hall–Kier alpha value is -2.60. The number of guanidine groups is 1. The molecule has 2 aromatic carbocycles. The topological polar surface area (TPSA) is 46.1 Å². The van der Waals surface area contributed by atoms with Gasteiger partial charge in [-0.25, -0.2) is 9.38 Å². The molecule has 0 spiro atoms. The van der Waals surface area contributed by atoms with Gasteiger partial charge in [0, 0.05) is 26.2 Å². The number of rotatable bonds is 5. The van der Waals surface area contributed by atoms with Gasteiger partial charge < -0.3 is 19.7 Å². The van der Waals surface area contributed by atoms with Crippen LogP contribution in [0.5, 0.6) is 5.75 Å². The number of halogens is 1. The van der Waals surface area contributed by atoms with Gasteiger partial charge in [0.05, 0.1) is 13.2 Å². The summed E-state index contributed by atoms with van der Waals surface area (Å²) in [5.41, 5.74) is 2.76. The van der Waals surface area contributed by atoms with Gasteiger partial charge >= 0.3 is 0 Å². The third-order valence-corrected chi connectivity index (χ3v) is 4.11. The highest BCUT2D eigenvalue weighted by molar-refractivity contribution is 5.79. The first-order valence-electron chi connectivity index (χ1n) is 8.65. The van der Waals surface area contributed by atoms with Crippen molar-refractivity contribution in [2.45, 2.75) is 19.6 Å². The third kappa shape index (κ3) is 4.73. The van der Waals surface area contributed by atoms with E-state index in [-0.39, 0.29) is 12.6 Å². The molecule has 1 heterocycles. The van der Waals surface area contributed by atoms with Gasteiger partial charge in [0.25, 0.3) is 0 Å². The molecule has 1 aliphatic heterocycles. The fraction of sp³-hybridized carbons (Fsp3) is 0.350. The molecule has 0 saturated heterocycles. The van der Waals surface area contributed by atoms with Gasteiger partial charge in [-0.05, 0) is 29.7 Å². The van der Waals surface area contributed by atoms with Gasteiger partial charge in [-0.3, -0.25) is 0 Å². The maximum atomic E-state index is 13.8. The van der Waals surface area contributed by atoms with Crippen molar-refractivity contribution in [2.24, 2.45) is 4.99 Å². The second-order valence-electron chi connectivity index (χ2n) is 6.36. The minimum absolute atomic E-state index is 0.209. The minimum Gasteiger partial charge on any atom is -0.467 e. The fourth-order valence-corrected chi connectivity index (χ4v) is 2.86. The molecule has 3 rings (SSSR count). The Morgan fingerprint density at radius 1 is 1.23 bits per heavy atom. The molecule has 1 N–H and O–H groups in total. The van der Waals surface area contributed by atoms with Crippen LogP contribution in [-0.4, -0.2) is 38.3 Å². The van der Waals surface area contributed by atoms with Crippen LogP contribution in [0.15, 0.2) is 47.5 Å². The maximum Gasteiger partial charge on any atom is 0.193 e. The summed E-state index contributed by atoms with van der Waals surface area (Å²) in [7, 11) is 3.89. The van der Waals surface area contributed by atoms with E-state index in [1.165, 1.54) is 12.1 Å². The summed E-state index contributed by atoms with van der Waals surface area (Å²) in [5.74, 6) is 1.27. The van der Waals surface area contributed by atoms with Crippen molar-refractivity contribution in [3.63, 3.8) is 0 Å². The average Bonchev–Trinajstić information content (AvgIpc) is 2.64. The molecule has 2 aromatic rings. The van der Waals surface area contributed by atoms with Crippen LogP contribution in [0.3, 0.4) is 0 Å². The van der Waals surface area contributed by atoms with E-state index in [9.17, 15) is 4.39 Å². The summed E-state index contributed by atoms with van der Waals surface area (Å²) in [6.45, 7) is 1.83. The largest absolute Gasteiger partial charge is 0.467 e. The number of ether oxygens (including phenoxy) is 2. The molecule has 0 atom stereocenters. The van der Waals surface area contributed by atoms with Crippen LogP contribution in [-0.2, 0) is 24.3 Å². The molecule has 0 aliphatic carbocycles. The number of fused-ring (bicyclic) bond motifs is 1. The lowest BCUT2D eigenvalue weighted by molar-refractivity contribution is -0.0172. The zero-order valence-electron chi connectivity index (χ0n) is 15.2. The first-order chi connectivity index (χ1) is 12.6. The highest BCUT2D eigenvalue weighted by Gasteiger charge is 2.16. The molecule has 0 unspecified atom stereocenters. The average molecular weight is 357 g/mol. The molecule has 138 valence electrons. The number of nitrogens with one attached hydrogen (secondary N) is 1. The van der Waals surface area contributed by atoms with E-state index < -0.39 is 0 Å². The molecule has 6 heteroatoms. The van der Waals surface area contributed by atoms with Crippen LogP contribution in [0.4, 0.5) is 4.39 Å². The summed E-state index contributed by atoms with van der Waals surface area (Å²) in [6.07, 6.45) is 0.637. The lowest BCUT2D eigenvalue weighted by atomic mass is 10.1. The number of hydrogen-bond donors (Lipinski definition) is 1. The first kappa shape index (κ1) is 18.2. The van der Waals surface area contributed by atoms with Crippen LogP contribution < -0.4 is 10.1 Å². The van der Waals surface area contributed by atoms with Crippen LogP contribution >= 0.6 is 0 Å². The molecule has 0 radical (unpaired) electrons. The van der Waals surface area contributed by atoms with Crippen LogP contribution in [0.2, 0.25) is 0 Å². The van der Waals surface area contributed by atoms with Gasteiger partial charge in [0.2, 0.25) is 0 Å². The summed E-state index contributed by atoms with van der Waals surface area (Å²) in [4.78, 5) is 6.57. The Morgan fingerprint density at radius 3 is 2.81 bits per heavy atom.